The number of benzene rings is 2. The van der Waals surface area contributed by atoms with Crippen molar-refractivity contribution in [2.75, 3.05) is 6.54 Å². The Hall–Kier alpha value is -0.930. The summed E-state index contributed by atoms with van der Waals surface area (Å²) < 4.78 is 5.80. The molecule has 0 heterocycles. The summed E-state index contributed by atoms with van der Waals surface area (Å²) in [6.45, 7) is 0.526. The van der Waals surface area contributed by atoms with Crippen molar-refractivity contribution in [2.45, 2.75) is 6.42 Å². The van der Waals surface area contributed by atoms with E-state index in [0.29, 0.717) is 39.5 Å². The number of hydrogen-bond donors (Lipinski definition) is 1. The van der Waals surface area contributed by atoms with E-state index in [9.17, 15) is 0 Å². The van der Waals surface area contributed by atoms with E-state index in [1.165, 1.54) is 0 Å². The lowest BCUT2D eigenvalue weighted by molar-refractivity contribution is 0.476. The predicted molar refractivity (Wildman–Crippen MR) is 80.7 cm³/mol. The summed E-state index contributed by atoms with van der Waals surface area (Å²) >= 11 is 18.0. The standard InChI is InChI=1S/C14H12Cl3NO/c15-11-5-4-10(8-13(11)17)19-14-9(6-7-18)2-1-3-12(14)16/h1-5,8H,6-7,18H2. The topological polar surface area (TPSA) is 35.2 Å². The molecule has 0 saturated carbocycles. The van der Waals surface area contributed by atoms with Gasteiger partial charge in [-0.1, -0.05) is 46.9 Å². The van der Waals surface area contributed by atoms with Crippen molar-refractivity contribution in [3.63, 3.8) is 0 Å². The molecule has 5 heteroatoms. The Labute approximate surface area is 127 Å². The fourth-order valence-corrected chi connectivity index (χ4v) is 2.20. The smallest absolute Gasteiger partial charge is 0.149 e. The maximum Gasteiger partial charge on any atom is 0.149 e. The highest BCUT2D eigenvalue weighted by Crippen LogP contribution is 2.35. The summed E-state index contributed by atoms with van der Waals surface area (Å²) in [4.78, 5) is 0. The Morgan fingerprint density at radius 3 is 2.42 bits per heavy atom. The quantitative estimate of drug-likeness (QED) is 0.867. The van der Waals surface area contributed by atoms with Gasteiger partial charge in [0.2, 0.25) is 0 Å². The van der Waals surface area contributed by atoms with Crippen molar-refractivity contribution >= 4 is 34.8 Å². The molecule has 100 valence electrons. The van der Waals surface area contributed by atoms with Crippen LogP contribution in [0.3, 0.4) is 0 Å². The number of nitrogens with two attached hydrogens (primary N) is 1. The molecule has 0 aromatic heterocycles. The second kappa shape index (κ2) is 6.49. The number of ether oxygens (including phenoxy) is 1. The summed E-state index contributed by atoms with van der Waals surface area (Å²) in [6.07, 6.45) is 0.692. The fraction of sp³-hybridized carbons (Fsp3) is 0.143. The van der Waals surface area contributed by atoms with Crippen LogP contribution in [0.4, 0.5) is 0 Å². The minimum absolute atomic E-state index is 0.437. The molecule has 0 radical (unpaired) electrons. The van der Waals surface area contributed by atoms with Gasteiger partial charge in [-0.3, -0.25) is 0 Å². The van der Waals surface area contributed by atoms with Crippen molar-refractivity contribution in [3.8, 4) is 11.5 Å². The van der Waals surface area contributed by atoms with Gasteiger partial charge in [-0.15, -0.1) is 0 Å². The molecule has 0 atom stereocenters. The van der Waals surface area contributed by atoms with Crippen LogP contribution in [0.5, 0.6) is 11.5 Å². The van der Waals surface area contributed by atoms with Gasteiger partial charge in [-0.25, -0.2) is 0 Å². The van der Waals surface area contributed by atoms with Gasteiger partial charge in [-0.05, 0) is 36.7 Å². The van der Waals surface area contributed by atoms with Crippen molar-refractivity contribution in [1.29, 1.82) is 0 Å². The molecule has 2 N–H and O–H groups in total. The van der Waals surface area contributed by atoms with E-state index in [4.69, 9.17) is 45.3 Å². The summed E-state index contributed by atoms with van der Waals surface area (Å²) in [6, 6.07) is 10.6. The van der Waals surface area contributed by atoms with E-state index in [1.54, 1.807) is 24.3 Å². The highest BCUT2D eigenvalue weighted by molar-refractivity contribution is 6.42. The van der Waals surface area contributed by atoms with Gasteiger partial charge < -0.3 is 10.5 Å². The largest absolute Gasteiger partial charge is 0.455 e. The van der Waals surface area contributed by atoms with Crippen LogP contribution in [0.25, 0.3) is 0 Å². The van der Waals surface area contributed by atoms with Gasteiger partial charge in [0.25, 0.3) is 0 Å². The van der Waals surface area contributed by atoms with Gasteiger partial charge >= 0.3 is 0 Å². The van der Waals surface area contributed by atoms with Crippen LogP contribution in [0, 0.1) is 0 Å². The van der Waals surface area contributed by atoms with Crippen LogP contribution in [0.15, 0.2) is 36.4 Å². The van der Waals surface area contributed by atoms with E-state index in [2.05, 4.69) is 0 Å². The highest BCUT2D eigenvalue weighted by atomic mass is 35.5. The number of para-hydroxylation sites is 1. The fourth-order valence-electron chi connectivity index (χ4n) is 1.68. The molecule has 0 spiro atoms. The van der Waals surface area contributed by atoms with Crippen molar-refractivity contribution in [1.82, 2.24) is 0 Å². The molecule has 0 bridgehead atoms. The van der Waals surface area contributed by atoms with Crippen LogP contribution < -0.4 is 10.5 Å². The minimum Gasteiger partial charge on any atom is -0.455 e. The number of hydrogen-bond acceptors (Lipinski definition) is 2. The summed E-state index contributed by atoms with van der Waals surface area (Å²) in [5, 5.41) is 1.46. The maximum absolute atomic E-state index is 6.16. The average molecular weight is 317 g/mol. The highest BCUT2D eigenvalue weighted by Gasteiger charge is 2.10. The van der Waals surface area contributed by atoms with E-state index >= 15 is 0 Å². The van der Waals surface area contributed by atoms with E-state index in [0.717, 1.165) is 5.56 Å². The van der Waals surface area contributed by atoms with Crippen LogP contribution in [-0.4, -0.2) is 6.54 Å². The third kappa shape index (κ3) is 3.54. The second-order valence-electron chi connectivity index (χ2n) is 3.94. The lowest BCUT2D eigenvalue weighted by Gasteiger charge is -2.12. The molecule has 0 aliphatic carbocycles. The Morgan fingerprint density at radius 1 is 0.947 bits per heavy atom. The van der Waals surface area contributed by atoms with Gasteiger partial charge in [0.1, 0.15) is 11.5 Å². The molecule has 2 nitrogen and oxygen atoms in total. The van der Waals surface area contributed by atoms with Gasteiger partial charge in [0.05, 0.1) is 15.1 Å². The molecular formula is C14H12Cl3NO. The first kappa shape index (κ1) is 14.5. The SMILES string of the molecule is NCCc1cccc(Cl)c1Oc1ccc(Cl)c(Cl)c1. The Balaban J connectivity index is 2.34. The van der Waals surface area contributed by atoms with Crippen LogP contribution >= 0.6 is 34.8 Å². The monoisotopic (exact) mass is 315 g/mol. The molecule has 0 aliphatic rings. The summed E-state index contributed by atoms with van der Waals surface area (Å²) in [7, 11) is 0. The maximum atomic E-state index is 6.16. The predicted octanol–water partition coefficient (Wildman–Crippen LogP) is 4.94. The molecule has 19 heavy (non-hydrogen) atoms. The average Bonchev–Trinajstić information content (AvgIpc) is 2.38. The summed E-state index contributed by atoms with van der Waals surface area (Å²) in [5.41, 5.74) is 6.54. The lowest BCUT2D eigenvalue weighted by atomic mass is 10.1. The molecule has 0 fully saturated rings. The Morgan fingerprint density at radius 2 is 1.74 bits per heavy atom. The second-order valence-corrected chi connectivity index (χ2v) is 5.17. The molecule has 0 unspecified atom stereocenters. The van der Waals surface area contributed by atoms with Crippen LogP contribution in [-0.2, 0) is 6.42 Å². The van der Waals surface area contributed by atoms with Gasteiger partial charge in [0, 0.05) is 6.07 Å². The molecule has 0 aliphatic heterocycles. The van der Waals surface area contributed by atoms with Gasteiger partial charge in [0.15, 0.2) is 0 Å². The number of rotatable bonds is 4. The first-order valence-corrected chi connectivity index (χ1v) is 6.85. The van der Waals surface area contributed by atoms with E-state index < -0.39 is 0 Å². The Kier molecular flexibility index (Phi) is 4.94. The van der Waals surface area contributed by atoms with Gasteiger partial charge in [-0.2, -0.15) is 0 Å². The molecule has 2 aromatic carbocycles. The van der Waals surface area contributed by atoms with E-state index in [-0.39, 0.29) is 0 Å². The zero-order chi connectivity index (χ0) is 13.8. The van der Waals surface area contributed by atoms with Crippen molar-refractivity contribution in [3.05, 3.63) is 57.0 Å². The molecule has 2 rings (SSSR count). The van der Waals surface area contributed by atoms with E-state index in [1.807, 2.05) is 12.1 Å². The van der Waals surface area contributed by atoms with Crippen molar-refractivity contribution in [2.24, 2.45) is 5.73 Å². The summed E-state index contributed by atoms with van der Waals surface area (Å²) in [5.74, 6) is 1.19. The molecule has 0 amide bonds. The third-order valence-corrected chi connectivity index (χ3v) is 3.61. The normalized spacial score (nSPS) is 10.5. The molecular weight excluding hydrogens is 305 g/mol. The minimum atomic E-state index is 0.437. The van der Waals surface area contributed by atoms with Crippen molar-refractivity contribution < 1.29 is 4.74 Å². The van der Waals surface area contributed by atoms with Crippen LogP contribution in [0.2, 0.25) is 15.1 Å². The third-order valence-electron chi connectivity index (χ3n) is 2.57. The van der Waals surface area contributed by atoms with Crippen LogP contribution in [0.1, 0.15) is 5.56 Å². The zero-order valence-corrected chi connectivity index (χ0v) is 12.3. The first-order valence-electron chi connectivity index (χ1n) is 5.72. The zero-order valence-electron chi connectivity index (χ0n) is 10.00. The molecule has 2 aromatic rings. The number of halogens is 3. The lowest BCUT2D eigenvalue weighted by Crippen LogP contribution is -2.04. The first-order chi connectivity index (χ1) is 9.11. The molecule has 0 saturated heterocycles. The Bertz CT molecular complexity index is 587.